The Morgan fingerprint density at radius 1 is 1.29 bits per heavy atom. The number of aryl methyl sites for hydroxylation is 1. The summed E-state index contributed by atoms with van der Waals surface area (Å²) in [5.74, 6) is 0.742. The van der Waals surface area contributed by atoms with Crippen LogP contribution in [0.25, 0.3) is 10.9 Å². The molecule has 1 aromatic carbocycles. The molecule has 0 spiro atoms. The summed E-state index contributed by atoms with van der Waals surface area (Å²) in [6, 6.07) is 5.93. The second kappa shape index (κ2) is 3.99. The Morgan fingerprint density at radius 3 is 2.59 bits per heavy atom. The van der Waals surface area contributed by atoms with Crippen molar-refractivity contribution in [2.45, 2.75) is 39.5 Å². The first kappa shape index (κ1) is 11.8. The molecule has 1 aromatic heterocycles. The van der Waals surface area contributed by atoms with E-state index in [-0.39, 0.29) is 11.0 Å². The number of nitrogens with one attached hydrogen (secondary N) is 1. The lowest BCUT2D eigenvalue weighted by atomic mass is 9.86. The average Bonchev–Trinajstić information content (AvgIpc) is 2.27. The Morgan fingerprint density at radius 2 is 2.00 bits per heavy atom. The minimum absolute atomic E-state index is 0.0436. The van der Waals surface area contributed by atoms with E-state index in [1.807, 2.05) is 25.1 Å². The van der Waals surface area contributed by atoms with E-state index in [0.29, 0.717) is 5.39 Å². The third-order valence-electron chi connectivity index (χ3n) is 2.96. The Labute approximate surface area is 101 Å². The van der Waals surface area contributed by atoms with E-state index in [1.54, 1.807) is 0 Å². The van der Waals surface area contributed by atoms with Gasteiger partial charge in [-0.1, -0.05) is 33.8 Å². The molecule has 0 bridgehead atoms. The third-order valence-corrected chi connectivity index (χ3v) is 2.96. The van der Waals surface area contributed by atoms with Gasteiger partial charge in [0, 0.05) is 6.42 Å². The topological polar surface area (TPSA) is 45.8 Å². The molecule has 2 aromatic rings. The molecule has 0 aliphatic heterocycles. The predicted molar refractivity (Wildman–Crippen MR) is 70.4 cm³/mol. The van der Waals surface area contributed by atoms with Crippen LogP contribution in [0.15, 0.2) is 23.0 Å². The minimum Gasteiger partial charge on any atom is -0.310 e. The van der Waals surface area contributed by atoms with Gasteiger partial charge in [-0.05, 0) is 23.1 Å². The summed E-state index contributed by atoms with van der Waals surface area (Å²) in [4.78, 5) is 19.2. The third kappa shape index (κ3) is 2.23. The molecule has 0 fully saturated rings. The van der Waals surface area contributed by atoms with Crippen LogP contribution in [-0.4, -0.2) is 9.97 Å². The van der Waals surface area contributed by atoms with Crippen molar-refractivity contribution in [2.75, 3.05) is 0 Å². The van der Waals surface area contributed by atoms with E-state index in [0.717, 1.165) is 23.3 Å². The molecular formula is C14H18N2O. The fraction of sp³-hybridized carbons (Fsp3) is 0.429. The summed E-state index contributed by atoms with van der Waals surface area (Å²) in [5.41, 5.74) is 1.93. The van der Waals surface area contributed by atoms with Crippen LogP contribution >= 0.6 is 0 Å². The largest absolute Gasteiger partial charge is 0.310 e. The van der Waals surface area contributed by atoms with Gasteiger partial charge in [0.2, 0.25) is 0 Å². The van der Waals surface area contributed by atoms with E-state index in [9.17, 15) is 4.79 Å². The summed E-state index contributed by atoms with van der Waals surface area (Å²) in [6.45, 7) is 8.39. The second-order valence-corrected chi connectivity index (χ2v) is 5.35. The van der Waals surface area contributed by atoms with Crippen LogP contribution in [0.3, 0.4) is 0 Å². The van der Waals surface area contributed by atoms with E-state index in [2.05, 4.69) is 30.7 Å². The first-order valence-electron chi connectivity index (χ1n) is 5.95. The number of hydrogen-bond acceptors (Lipinski definition) is 2. The number of aromatic amines is 1. The van der Waals surface area contributed by atoms with Crippen LogP contribution in [-0.2, 0) is 11.8 Å². The molecule has 3 nitrogen and oxygen atoms in total. The molecule has 17 heavy (non-hydrogen) atoms. The van der Waals surface area contributed by atoms with Crippen LogP contribution in [0.1, 0.15) is 39.1 Å². The monoisotopic (exact) mass is 230 g/mol. The zero-order chi connectivity index (χ0) is 12.6. The normalized spacial score (nSPS) is 12.0. The average molecular weight is 230 g/mol. The van der Waals surface area contributed by atoms with Gasteiger partial charge in [0.05, 0.1) is 10.9 Å². The second-order valence-electron chi connectivity index (χ2n) is 5.35. The molecule has 0 atom stereocenters. The summed E-state index contributed by atoms with van der Waals surface area (Å²) >= 11 is 0. The van der Waals surface area contributed by atoms with Gasteiger partial charge in [0.25, 0.3) is 5.56 Å². The van der Waals surface area contributed by atoms with Crippen LogP contribution in [0, 0.1) is 0 Å². The van der Waals surface area contributed by atoms with Crippen LogP contribution in [0.5, 0.6) is 0 Å². The number of hydrogen-bond donors (Lipinski definition) is 1. The van der Waals surface area contributed by atoms with Crippen LogP contribution < -0.4 is 5.56 Å². The van der Waals surface area contributed by atoms with E-state index in [4.69, 9.17) is 0 Å². The molecule has 1 heterocycles. The lowest BCUT2D eigenvalue weighted by Crippen LogP contribution is -2.15. The highest BCUT2D eigenvalue weighted by Crippen LogP contribution is 2.24. The smallest absolute Gasteiger partial charge is 0.258 e. The molecular weight excluding hydrogens is 212 g/mol. The van der Waals surface area contributed by atoms with E-state index in [1.165, 1.54) is 0 Å². The van der Waals surface area contributed by atoms with Crippen molar-refractivity contribution >= 4 is 10.9 Å². The highest BCUT2D eigenvalue weighted by Gasteiger charge is 2.15. The van der Waals surface area contributed by atoms with Crippen molar-refractivity contribution in [2.24, 2.45) is 0 Å². The maximum atomic E-state index is 11.9. The Kier molecular flexibility index (Phi) is 2.77. The lowest BCUT2D eigenvalue weighted by Gasteiger charge is -2.19. The van der Waals surface area contributed by atoms with Gasteiger partial charge in [-0.3, -0.25) is 4.79 Å². The molecule has 2 rings (SSSR count). The van der Waals surface area contributed by atoms with Crippen molar-refractivity contribution in [3.63, 3.8) is 0 Å². The molecule has 1 N–H and O–H groups in total. The zero-order valence-corrected chi connectivity index (χ0v) is 10.8. The quantitative estimate of drug-likeness (QED) is 0.818. The van der Waals surface area contributed by atoms with E-state index >= 15 is 0 Å². The SMILES string of the molecule is CCc1nc2ccc(C(C)(C)C)cc2c(=O)[nH]1. The van der Waals surface area contributed by atoms with Crippen molar-refractivity contribution in [1.29, 1.82) is 0 Å². The van der Waals surface area contributed by atoms with Crippen molar-refractivity contribution in [3.8, 4) is 0 Å². The number of benzene rings is 1. The number of nitrogens with zero attached hydrogens (tertiary/aromatic N) is 1. The molecule has 0 amide bonds. The molecule has 0 saturated carbocycles. The number of aromatic nitrogens is 2. The van der Waals surface area contributed by atoms with Gasteiger partial charge in [-0.2, -0.15) is 0 Å². The van der Waals surface area contributed by atoms with E-state index < -0.39 is 0 Å². The van der Waals surface area contributed by atoms with Crippen molar-refractivity contribution in [1.82, 2.24) is 9.97 Å². The van der Waals surface area contributed by atoms with Gasteiger partial charge >= 0.3 is 0 Å². The maximum Gasteiger partial charge on any atom is 0.258 e. The van der Waals surface area contributed by atoms with Gasteiger partial charge in [0.15, 0.2) is 0 Å². The molecule has 0 aliphatic rings. The fourth-order valence-corrected chi connectivity index (χ4v) is 1.82. The van der Waals surface area contributed by atoms with Crippen LogP contribution in [0.2, 0.25) is 0 Å². The first-order valence-corrected chi connectivity index (χ1v) is 5.95. The highest BCUT2D eigenvalue weighted by molar-refractivity contribution is 5.78. The summed E-state index contributed by atoms with van der Waals surface area (Å²) in [7, 11) is 0. The van der Waals surface area contributed by atoms with Gasteiger partial charge in [-0.25, -0.2) is 4.98 Å². The van der Waals surface area contributed by atoms with Crippen LogP contribution in [0.4, 0.5) is 0 Å². The molecule has 90 valence electrons. The molecule has 0 saturated heterocycles. The van der Waals surface area contributed by atoms with Gasteiger partial charge in [0.1, 0.15) is 5.82 Å². The first-order chi connectivity index (χ1) is 7.91. The predicted octanol–water partition coefficient (Wildman–Crippen LogP) is 2.78. The summed E-state index contributed by atoms with van der Waals surface area (Å²) in [6.07, 6.45) is 0.742. The Bertz CT molecular complexity index is 606. The Hall–Kier alpha value is -1.64. The maximum absolute atomic E-state index is 11.9. The number of H-pyrrole nitrogens is 1. The van der Waals surface area contributed by atoms with Crippen molar-refractivity contribution < 1.29 is 0 Å². The fourth-order valence-electron chi connectivity index (χ4n) is 1.82. The molecule has 0 radical (unpaired) electrons. The number of fused-ring (bicyclic) bond motifs is 1. The number of rotatable bonds is 1. The van der Waals surface area contributed by atoms with Gasteiger partial charge in [-0.15, -0.1) is 0 Å². The van der Waals surface area contributed by atoms with Gasteiger partial charge < -0.3 is 4.98 Å². The molecule has 0 unspecified atom stereocenters. The lowest BCUT2D eigenvalue weighted by molar-refractivity contribution is 0.591. The zero-order valence-electron chi connectivity index (χ0n) is 10.8. The summed E-state index contributed by atoms with van der Waals surface area (Å²) in [5, 5.41) is 0.676. The summed E-state index contributed by atoms with van der Waals surface area (Å²) < 4.78 is 0. The minimum atomic E-state index is -0.0436. The molecule has 0 aliphatic carbocycles. The standard InChI is InChI=1S/C14H18N2O/c1-5-12-15-11-7-6-9(14(2,3)4)8-10(11)13(17)16-12/h6-8H,5H2,1-4H3,(H,15,16,17). The highest BCUT2D eigenvalue weighted by atomic mass is 16.1. The molecule has 3 heteroatoms. The van der Waals surface area contributed by atoms with Crippen molar-refractivity contribution in [3.05, 3.63) is 39.9 Å². The Balaban J connectivity index is 2.71.